The van der Waals surface area contributed by atoms with Crippen LogP contribution in [0.25, 0.3) is 11.0 Å². The Labute approximate surface area is 86.2 Å². The largest absolute Gasteiger partial charge is 0.368 e. The molecule has 0 aliphatic carbocycles. The summed E-state index contributed by atoms with van der Waals surface area (Å²) in [6, 6.07) is 5.90. The Morgan fingerprint density at radius 1 is 1.13 bits per heavy atom. The van der Waals surface area contributed by atoms with E-state index in [-0.39, 0.29) is 5.92 Å². The summed E-state index contributed by atoms with van der Waals surface area (Å²) in [6.45, 7) is 0. The van der Waals surface area contributed by atoms with Crippen LogP contribution >= 0.6 is 0 Å². The number of rotatable bonds is 1. The molecule has 1 aromatic heterocycles. The quantitative estimate of drug-likeness (QED) is 0.762. The maximum Gasteiger partial charge on any atom is 0.139 e. The van der Waals surface area contributed by atoms with Gasteiger partial charge in [-0.25, -0.2) is 4.63 Å². The van der Waals surface area contributed by atoms with Gasteiger partial charge in [0.1, 0.15) is 11.0 Å². The Kier molecular flexibility index (Phi) is 1.78. The molecule has 74 valence electrons. The van der Waals surface area contributed by atoms with E-state index in [2.05, 4.69) is 27.8 Å². The SMILES string of the molecule is C1=CC(c2cccc3nonc23)C=CN1. The lowest BCUT2D eigenvalue weighted by Gasteiger charge is -2.11. The maximum absolute atomic E-state index is 4.73. The van der Waals surface area contributed by atoms with Gasteiger partial charge in [0.25, 0.3) is 0 Å². The predicted octanol–water partition coefficient (Wildman–Crippen LogP) is 1.94. The number of benzene rings is 1. The van der Waals surface area contributed by atoms with Crippen LogP contribution in [0.5, 0.6) is 0 Å². The molecule has 0 amide bonds. The molecule has 0 fully saturated rings. The smallest absolute Gasteiger partial charge is 0.139 e. The molecule has 0 unspecified atom stereocenters. The van der Waals surface area contributed by atoms with E-state index < -0.39 is 0 Å². The van der Waals surface area contributed by atoms with Gasteiger partial charge >= 0.3 is 0 Å². The van der Waals surface area contributed by atoms with Crippen LogP contribution in [0.15, 0.2) is 47.4 Å². The van der Waals surface area contributed by atoms with Crippen LogP contribution < -0.4 is 5.32 Å². The Hall–Kier alpha value is -2.10. The van der Waals surface area contributed by atoms with Crippen molar-refractivity contribution in [2.45, 2.75) is 5.92 Å². The molecule has 1 aliphatic heterocycles. The van der Waals surface area contributed by atoms with Crippen LogP contribution in [0.4, 0.5) is 0 Å². The van der Waals surface area contributed by atoms with Crippen molar-refractivity contribution in [3.63, 3.8) is 0 Å². The molecule has 0 radical (unpaired) electrons. The first-order chi connectivity index (χ1) is 7.45. The molecule has 1 N–H and O–H groups in total. The van der Waals surface area contributed by atoms with Crippen LogP contribution in [-0.4, -0.2) is 10.3 Å². The third-order valence-corrected chi connectivity index (χ3v) is 2.48. The minimum absolute atomic E-state index is 0.238. The second-order valence-electron chi connectivity index (χ2n) is 3.39. The van der Waals surface area contributed by atoms with Crippen LogP contribution in [0.3, 0.4) is 0 Å². The fourth-order valence-electron chi connectivity index (χ4n) is 1.74. The number of nitrogens with one attached hydrogen (secondary N) is 1. The van der Waals surface area contributed by atoms with Crippen molar-refractivity contribution in [3.05, 3.63) is 48.3 Å². The molecule has 0 saturated carbocycles. The average Bonchev–Trinajstić information content (AvgIpc) is 2.78. The van der Waals surface area contributed by atoms with E-state index in [9.17, 15) is 0 Å². The minimum atomic E-state index is 0.238. The van der Waals surface area contributed by atoms with Crippen molar-refractivity contribution in [1.82, 2.24) is 15.6 Å². The zero-order valence-corrected chi connectivity index (χ0v) is 7.92. The van der Waals surface area contributed by atoms with Crippen molar-refractivity contribution in [3.8, 4) is 0 Å². The number of aromatic nitrogens is 2. The minimum Gasteiger partial charge on any atom is -0.368 e. The summed E-state index contributed by atoms with van der Waals surface area (Å²) >= 11 is 0. The third-order valence-electron chi connectivity index (χ3n) is 2.48. The van der Waals surface area contributed by atoms with E-state index in [1.54, 1.807) is 0 Å². The summed E-state index contributed by atoms with van der Waals surface area (Å²) in [4.78, 5) is 0. The number of allylic oxidation sites excluding steroid dienone is 2. The number of fused-ring (bicyclic) bond motifs is 1. The zero-order chi connectivity index (χ0) is 10.1. The summed E-state index contributed by atoms with van der Waals surface area (Å²) in [5.74, 6) is 0.238. The van der Waals surface area contributed by atoms with Gasteiger partial charge in [-0.1, -0.05) is 24.3 Å². The fraction of sp³-hybridized carbons (Fsp3) is 0.0909. The molecule has 0 spiro atoms. The van der Waals surface area contributed by atoms with Crippen LogP contribution in [-0.2, 0) is 0 Å². The first-order valence-electron chi connectivity index (χ1n) is 4.76. The Morgan fingerprint density at radius 2 is 2.00 bits per heavy atom. The Bertz CT molecular complexity index is 530. The zero-order valence-electron chi connectivity index (χ0n) is 7.92. The normalized spacial score (nSPS) is 15.7. The highest BCUT2D eigenvalue weighted by Crippen LogP contribution is 2.26. The van der Waals surface area contributed by atoms with E-state index >= 15 is 0 Å². The third kappa shape index (κ3) is 1.30. The molecule has 3 rings (SSSR count). The number of hydrogen-bond donors (Lipinski definition) is 1. The molecule has 2 aromatic rings. The van der Waals surface area contributed by atoms with Gasteiger partial charge in [-0.2, -0.15) is 0 Å². The topological polar surface area (TPSA) is 51.0 Å². The van der Waals surface area contributed by atoms with Crippen LogP contribution in [0.1, 0.15) is 11.5 Å². The van der Waals surface area contributed by atoms with E-state index in [0.29, 0.717) is 0 Å². The number of hydrogen-bond acceptors (Lipinski definition) is 4. The molecular formula is C11H9N3O. The van der Waals surface area contributed by atoms with Crippen molar-refractivity contribution in [2.24, 2.45) is 0 Å². The fourth-order valence-corrected chi connectivity index (χ4v) is 1.74. The maximum atomic E-state index is 4.73. The summed E-state index contributed by atoms with van der Waals surface area (Å²) in [6.07, 6.45) is 7.97. The first kappa shape index (κ1) is 8.23. The van der Waals surface area contributed by atoms with E-state index in [4.69, 9.17) is 4.63 Å². The molecule has 4 nitrogen and oxygen atoms in total. The lowest BCUT2D eigenvalue weighted by Crippen LogP contribution is -2.03. The van der Waals surface area contributed by atoms with Gasteiger partial charge < -0.3 is 5.32 Å². The van der Waals surface area contributed by atoms with Gasteiger partial charge in [-0.05, 0) is 34.3 Å². The van der Waals surface area contributed by atoms with Crippen molar-refractivity contribution < 1.29 is 4.63 Å². The number of dihydropyridines is 1. The van der Waals surface area contributed by atoms with Gasteiger partial charge in [-0.15, -0.1) is 0 Å². The van der Waals surface area contributed by atoms with Crippen molar-refractivity contribution >= 4 is 11.0 Å². The molecule has 1 aromatic carbocycles. The Morgan fingerprint density at radius 3 is 2.87 bits per heavy atom. The standard InChI is InChI=1S/C11H9N3O/c1-2-9(8-4-6-12-7-5-8)11-10(3-1)13-15-14-11/h1-8,12H. The first-order valence-corrected chi connectivity index (χ1v) is 4.76. The number of nitrogens with zero attached hydrogens (tertiary/aromatic N) is 2. The molecule has 4 heteroatoms. The van der Waals surface area contributed by atoms with Crippen molar-refractivity contribution in [2.75, 3.05) is 0 Å². The van der Waals surface area contributed by atoms with Gasteiger partial charge in [-0.3, -0.25) is 0 Å². The van der Waals surface area contributed by atoms with Crippen LogP contribution in [0, 0.1) is 0 Å². The highest BCUT2D eigenvalue weighted by molar-refractivity contribution is 5.78. The summed E-state index contributed by atoms with van der Waals surface area (Å²) in [7, 11) is 0. The molecule has 0 bridgehead atoms. The lowest BCUT2D eigenvalue weighted by atomic mass is 9.97. The second kappa shape index (κ2) is 3.24. The van der Waals surface area contributed by atoms with Crippen LogP contribution in [0.2, 0.25) is 0 Å². The summed E-state index contributed by atoms with van der Waals surface area (Å²) in [5.41, 5.74) is 2.74. The molecule has 15 heavy (non-hydrogen) atoms. The van der Waals surface area contributed by atoms with Gasteiger partial charge in [0, 0.05) is 5.92 Å². The van der Waals surface area contributed by atoms with E-state index in [1.165, 1.54) is 0 Å². The van der Waals surface area contributed by atoms with Gasteiger partial charge in [0.2, 0.25) is 0 Å². The monoisotopic (exact) mass is 199 g/mol. The Balaban J connectivity index is 2.17. The molecule has 1 aliphatic rings. The second-order valence-corrected chi connectivity index (χ2v) is 3.39. The molecule has 0 atom stereocenters. The summed E-state index contributed by atoms with van der Waals surface area (Å²) in [5, 5.41) is 10.7. The lowest BCUT2D eigenvalue weighted by molar-refractivity contribution is 0.315. The van der Waals surface area contributed by atoms with E-state index in [1.807, 2.05) is 30.6 Å². The van der Waals surface area contributed by atoms with Gasteiger partial charge in [0.05, 0.1) is 0 Å². The van der Waals surface area contributed by atoms with Crippen molar-refractivity contribution in [1.29, 1.82) is 0 Å². The molecule has 0 saturated heterocycles. The highest BCUT2D eigenvalue weighted by atomic mass is 16.6. The summed E-state index contributed by atoms with van der Waals surface area (Å²) < 4.78 is 4.73. The van der Waals surface area contributed by atoms with Gasteiger partial charge in [0.15, 0.2) is 0 Å². The van der Waals surface area contributed by atoms with E-state index in [0.717, 1.165) is 16.6 Å². The average molecular weight is 199 g/mol. The molecular weight excluding hydrogens is 190 g/mol. The predicted molar refractivity (Wildman–Crippen MR) is 56.0 cm³/mol. The molecule has 2 heterocycles. The highest BCUT2D eigenvalue weighted by Gasteiger charge is 2.13.